The Kier molecular flexibility index (Phi) is 5.71. The zero-order valence-corrected chi connectivity index (χ0v) is 9.77. The number of nitrogens with one attached hydrogen (secondary N) is 2. The SMILES string of the molecule is COC1CC(NC(=O)NCCOCC(=O)O)C1. The van der Waals surface area contributed by atoms with Crippen molar-refractivity contribution in [3.05, 3.63) is 0 Å². The molecule has 0 saturated heterocycles. The number of urea groups is 1. The highest BCUT2D eigenvalue weighted by Gasteiger charge is 2.29. The second-order valence-electron chi connectivity index (χ2n) is 3.87. The first-order valence-electron chi connectivity index (χ1n) is 5.48. The van der Waals surface area contributed by atoms with Crippen LogP contribution in [0.3, 0.4) is 0 Å². The van der Waals surface area contributed by atoms with E-state index in [4.69, 9.17) is 14.6 Å². The summed E-state index contributed by atoms with van der Waals surface area (Å²) in [6.45, 7) is 0.131. The van der Waals surface area contributed by atoms with Gasteiger partial charge >= 0.3 is 12.0 Å². The summed E-state index contributed by atoms with van der Waals surface area (Å²) >= 11 is 0. The third kappa shape index (κ3) is 5.50. The van der Waals surface area contributed by atoms with Gasteiger partial charge in [-0.15, -0.1) is 0 Å². The predicted molar refractivity (Wildman–Crippen MR) is 58.8 cm³/mol. The van der Waals surface area contributed by atoms with Crippen molar-refractivity contribution in [3.8, 4) is 0 Å². The lowest BCUT2D eigenvalue weighted by Crippen LogP contribution is -2.51. The quantitative estimate of drug-likeness (QED) is 0.529. The first-order chi connectivity index (χ1) is 8.11. The van der Waals surface area contributed by atoms with E-state index < -0.39 is 5.97 Å². The molecule has 0 unspecified atom stereocenters. The van der Waals surface area contributed by atoms with E-state index in [0.29, 0.717) is 6.54 Å². The summed E-state index contributed by atoms with van der Waals surface area (Å²) in [5.41, 5.74) is 0. The van der Waals surface area contributed by atoms with E-state index in [-0.39, 0.29) is 31.4 Å². The molecule has 7 nitrogen and oxygen atoms in total. The van der Waals surface area contributed by atoms with E-state index in [2.05, 4.69) is 10.6 Å². The zero-order chi connectivity index (χ0) is 12.7. The minimum Gasteiger partial charge on any atom is -0.480 e. The lowest BCUT2D eigenvalue weighted by molar-refractivity contribution is -0.142. The van der Waals surface area contributed by atoms with Gasteiger partial charge in [0.1, 0.15) is 6.61 Å². The smallest absolute Gasteiger partial charge is 0.329 e. The van der Waals surface area contributed by atoms with Crippen LogP contribution in [0.5, 0.6) is 0 Å². The standard InChI is InChI=1S/C10H18N2O5/c1-16-8-4-7(5-8)12-10(15)11-2-3-17-6-9(13)14/h7-8H,2-6H2,1H3,(H,13,14)(H2,11,12,15). The average molecular weight is 246 g/mol. The Morgan fingerprint density at radius 2 is 2.12 bits per heavy atom. The van der Waals surface area contributed by atoms with Gasteiger partial charge in [-0.3, -0.25) is 0 Å². The Morgan fingerprint density at radius 3 is 2.71 bits per heavy atom. The molecule has 2 amide bonds. The molecule has 0 aliphatic heterocycles. The third-order valence-electron chi connectivity index (χ3n) is 2.52. The van der Waals surface area contributed by atoms with Crippen LogP contribution in [0.1, 0.15) is 12.8 Å². The van der Waals surface area contributed by atoms with Gasteiger partial charge in [0.25, 0.3) is 0 Å². The number of carboxylic acids is 1. The number of amides is 2. The van der Waals surface area contributed by atoms with E-state index in [0.717, 1.165) is 12.8 Å². The Bertz CT molecular complexity index is 265. The summed E-state index contributed by atoms with van der Waals surface area (Å²) in [5, 5.41) is 13.7. The van der Waals surface area contributed by atoms with Gasteiger partial charge in [0.2, 0.25) is 0 Å². The normalized spacial score (nSPS) is 22.6. The second kappa shape index (κ2) is 7.08. The summed E-state index contributed by atoms with van der Waals surface area (Å²) in [4.78, 5) is 21.4. The summed E-state index contributed by atoms with van der Waals surface area (Å²) in [6, 6.07) is -0.0941. The number of hydrogen-bond acceptors (Lipinski definition) is 4. The predicted octanol–water partition coefficient (Wildman–Crippen LogP) is -0.436. The zero-order valence-electron chi connectivity index (χ0n) is 9.77. The molecule has 0 aromatic carbocycles. The van der Waals surface area contributed by atoms with Gasteiger partial charge in [-0.2, -0.15) is 0 Å². The van der Waals surface area contributed by atoms with Crippen molar-refractivity contribution < 1.29 is 24.2 Å². The molecule has 1 aliphatic rings. The molecular weight excluding hydrogens is 228 g/mol. The molecular formula is C10H18N2O5. The lowest BCUT2D eigenvalue weighted by atomic mass is 9.89. The maximum Gasteiger partial charge on any atom is 0.329 e. The topological polar surface area (TPSA) is 96.9 Å². The Labute approximate surface area is 99.5 Å². The third-order valence-corrected chi connectivity index (χ3v) is 2.52. The largest absolute Gasteiger partial charge is 0.480 e. The van der Waals surface area contributed by atoms with Gasteiger partial charge in [-0.05, 0) is 12.8 Å². The molecule has 1 fully saturated rings. The van der Waals surface area contributed by atoms with Gasteiger partial charge in [0.15, 0.2) is 0 Å². The molecule has 0 atom stereocenters. The van der Waals surface area contributed by atoms with E-state index >= 15 is 0 Å². The summed E-state index contributed by atoms with van der Waals surface area (Å²) < 4.78 is 9.85. The molecule has 1 saturated carbocycles. The van der Waals surface area contributed by atoms with Crippen molar-refractivity contribution in [2.24, 2.45) is 0 Å². The van der Waals surface area contributed by atoms with Crippen LogP contribution < -0.4 is 10.6 Å². The van der Waals surface area contributed by atoms with Gasteiger partial charge in [0, 0.05) is 19.7 Å². The fourth-order valence-corrected chi connectivity index (χ4v) is 1.51. The fourth-order valence-electron chi connectivity index (χ4n) is 1.51. The molecule has 0 spiro atoms. The second-order valence-corrected chi connectivity index (χ2v) is 3.87. The number of carboxylic acid groups (broad SMARTS) is 1. The fraction of sp³-hybridized carbons (Fsp3) is 0.800. The molecule has 0 aromatic rings. The molecule has 0 heterocycles. The number of carbonyl (C=O) groups is 2. The summed E-state index contributed by atoms with van der Waals surface area (Å²) in [7, 11) is 1.65. The van der Waals surface area contributed by atoms with E-state index in [1.165, 1.54) is 0 Å². The van der Waals surface area contributed by atoms with E-state index in [1.807, 2.05) is 0 Å². The van der Waals surface area contributed by atoms with Crippen molar-refractivity contribution >= 4 is 12.0 Å². The van der Waals surface area contributed by atoms with E-state index in [9.17, 15) is 9.59 Å². The number of rotatable bonds is 7. The number of hydrogen-bond donors (Lipinski definition) is 3. The Balaban J connectivity index is 1.93. The average Bonchev–Trinajstić information content (AvgIpc) is 2.21. The minimum absolute atomic E-state index is 0.167. The molecule has 0 aromatic heterocycles. The van der Waals surface area contributed by atoms with Crippen molar-refractivity contribution in [1.82, 2.24) is 10.6 Å². The maximum absolute atomic E-state index is 11.3. The highest BCUT2D eigenvalue weighted by atomic mass is 16.5. The number of carbonyl (C=O) groups excluding carboxylic acids is 1. The molecule has 1 aliphatic carbocycles. The van der Waals surface area contributed by atoms with Gasteiger partial charge in [0.05, 0.1) is 12.7 Å². The van der Waals surface area contributed by atoms with Crippen LogP contribution in [0.25, 0.3) is 0 Å². The monoisotopic (exact) mass is 246 g/mol. The van der Waals surface area contributed by atoms with Crippen LogP contribution in [0.2, 0.25) is 0 Å². The summed E-state index contributed by atoms with van der Waals surface area (Å²) in [6.07, 6.45) is 1.91. The Morgan fingerprint density at radius 1 is 1.41 bits per heavy atom. The molecule has 0 radical (unpaired) electrons. The molecule has 98 valence electrons. The van der Waals surface area contributed by atoms with E-state index in [1.54, 1.807) is 7.11 Å². The highest BCUT2D eigenvalue weighted by Crippen LogP contribution is 2.22. The van der Waals surface area contributed by atoms with Crippen LogP contribution >= 0.6 is 0 Å². The summed E-state index contributed by atoms with van der Waals surface area (Å²) in [5.74, 6) is -1.02. The first-order valence-corrected chi connectivity index (χ1v) is 5.48. The van der Waals surface area contributed by atoms with Gasteiger partial charge < -0.3 is 25.2 Å². The van der Waals surface area contributed by atoms with Crippen LogP contribution in [0.4, 0.5) is 4.79 Å². The lowest BCUT2D eigenvalue weighted by Gasteiger charge is -2.34. The number of ether oxygens (including phenoxy) is 2. The molecule has 3 N–H and O–H groups in total. The number of methoxy groups -OCH3 is 1. The molecule has 0 bridgehead atoms. The van der Waals surface area contributed by atoms with Crippen molar-refractivity contribution in [2.75, 3.05) is 26.9 Å². The van der Waals surface area contributed by atoms with Crippen molar-refractivity contribution in [1.29, 1.82) is 0 Å². The molecule has 7 heteroatoms. The highest BCUT2D eigenvalue weighted by molar-refractivity contribution is 5.74. The maximum atomic E-state index is 11.3. The number of aliphatic carboxylic acids is 1. The van der Waals surface area contributed by atoms with Gasteiger partial charge in [-0.1, -0.05) is 0 Å². The first kappa shape index (κ1) is 13.7. The van der Waals surface area contributed by atoms with Crippen LogP contribution in [0, 0.1) is 0 Å². The van der Waals surface area contributed by atoms with Crippen LogP contribution in [-0.2, 0) is 14.3 Å². The van der Waals surface area contributed by atoms with Gasteiger partial charge in [-0.25, -0.2) is 9.59 Å². The van der Waals surface area contributed by atoms with Crippen molar-refractivity contribution in [3.63, 3.8) is 0 Å². The van der Waals surface area contributed by atoms with Crippen molar-refractivity contribution in [2.45, 2.75) is 25.0 Å². The molecule has 1 rings (SSSR count). The molecule has 17 heavy (non-hydrogen) atoms. The van der Waals surface area contributed by atoms with Crippen LogP contribution in [-0.4, -0.2) is 56.1 Å². The Hall–Kier alpha value is -1.34. The van der Waals surface area contributed by atoms with Crippen LogP contribution in [0.15, 0.2) is 0 Å². The minimum atomic E-state index is -1.02.